The summed E-state index contributed by atoms with van der Waals surface area (Å²) in [4.78, 5) is 26.2. The van der Waals surface area contributed by atoms with Crippen molar-refractivity contribution < 1.29 is 9.53 Å². The number of nitrogens with one attached hydrogen (secondary N) is 2. The van der Waals surface area contributed by atoms with Crippen LogP contribution in [-0.4, -0.2) is 53.6 Å². The molecule has 2 fully saturated rings. The van der Waals surface area contributed by atoms with Gasteiger partial charge in [0.15, 0.2) is 5.15 Å². The molecule has 0 spiro atoms. The Kier molecular flexibility index (Phi) is 8.30. The molecule has 7 nitrogen and oxygen atoms in total. The van der Waals surface area contributed by atoms with Crippen LogP contribution in [-0.2, 0) is 16.0 Å². The number of ketones is 1. The first-order valence-corrected chi connectivity index (χ1v) is 12.1. The highest BCUT2D eigenvalue weighted by molar-refractivity contribution is 6.35. The summed E-state index contributed by atoms with van der Waals surface area (Å²) in [6, 6.07) is 1.81. The molecule has 0 saturated carbocycles. The molecule has 0 radical (unpaired) electrons. The molecule has 2 aliphatic rings. The van der Waals surface area contributed by atoms with Crippen LogP contribution in [0.25, 0.3) is 11.3 Å². The number of carbonyl (C=O) groups excluding carboxylic acids is 1. The topological polar surface area (TPSA) is 89.0 Å². The predicted octanol–water partition coefficient (Wildman–Crippen LogP) is 4.19. The van der Waals surface area contributed by atoms with Crippen LogP contribution in [0.4, 0.5) is 5.82 Å². The first kappa shape index (κ1) is 23.4. The minimum atomic E-state index is 0.0273. The van der Waals surface area contributed by atoms with Crippen molar-refractivity contribution in [1.29, 1.82) is 0 Å². The second-order valence-corrected chi connectivity index (χ2v) is 9.29. The quantitative estimate of drug-likeness (QED) is 0.617. The minimum absolute atomic E-state index is 0.0273. The van der Waals surface area contributed by atoms with E-state index in [1.807, 2.05) is 6.07 Å². The Morgan fingerprint density at radius 1 is 1.16 bits per heavy atom. The van der Waals surface area contributed by atoms with Crippen molar-refractivity contribution >= 4 is 34.8 Å². The second kappa shape index (κ2) is 11.4. The van der Waals surface area contributed by atoms with Gasteiger partial charge in [-0.3, -0.25) is 9.78 Å². The predicted molar refractivity (Wildman–Crippen MR) is 126 cm³/mol. The van der Waals surface area contributed by atoms with E-state index in [4.69, 9.17) is 27.9 Å². The number of halogens is 2. The van der Waals surface area contributed by atoms with Gasteiger partial charge in [0.1, 0.15) is 17.3 Å². The molecule has 2 aromatic rings. The highest BCUT2D eigenvalue weighted by Crippen LogP contribution is 2.32. The number of pyridine rings is 1. The van der Waals surface area contributed by atoms with Gasteiger partial charge in [0.25, 0.3) is 0 Å². The third-order valence-electron chi connectivity index (χ3n) is 6.17. The van der Waals surface area contributed by atoms with Crippen molar-refractivity contribution in [3.05, 3.63) is 34.3 Å². The SMILES string of the molecule is O=C(Cc1cc(-c2nc(NCC3CCOCC3)cnc2Cl)c(Cl)cn1)C1CCCCNC1. The fourth-order valence-electron chi connectivity index (χ4n) is 4.21. The smallest absolute Gasteiger partial charge is 0.155 e. The van der Waals surface area contributed by atoms with Crippen LogP contribution in [0.15, 0.2) is 18.5 Å². The van der Waals surface area contributed by atoms with Crippen molar-refractivity contribution in [2.45, 2.75) is 38.5 Å². The molecule has 4 heterocycles. The van der Waals surface area contributed by atoms with Gasteiger partial charge in [-0.15, -0.1) is 0 Å². The lowest BCUT2D eigenvalue weighted by Crippen LogP contribution is -2.27. The normalized spacial score (nSPS) is 20.0. The van der Waals surface area contributed by atoms with Gasteiger partial charge in [0, 0.05) is 56.1 Å². The van der Waals surface area contributed by atoms with Crippen LogP contribution in [0.5, 0.6) is 0 Å². The van der Waals surface area contributed by atoms with Crippen LogP contribution in [0.2, 0.25) is 10.2 Å². The molecule has 9 heteroatoms. The standard InChI is InChI=1S/C23H29Cl2N5O2/c24-19-13-27-17(10-20(31)16-3-1-2-6-26-12-16)9-18(19)22-23(25)29-14-21(30-22)28-11-15-4-7-32-8-5-15/h9,13-16,26H,1-8,10-12H2,(H,28,30). The third-order valence-corrected chi connectivity index (χ3v) is 6.74. The molecule has 2 N–H and O–H groups in total. The molecular weight excluding hydrogens is 449 g/mol. The Morgan fingerprint density at radius 2 is 2.00 bits per heavy atom. The summed E-state index contributed by atoms with van der Waals surface area (Å²) in [5.74, 6) is 1.42. The number of nitrogens with zero attached hydrogens (tertiary/aromatic N) is 3. The number of aromatic nitrogens is 3. The van der Waals surface area contributed by atoms with Crippen LogP contribution >= 0.6 is 23.2 Å². The van der Waals surface area contributed by atoms with E-state index in [-0.39, 0.29) is 23.3 Å². The molecule has 2 aromatic heterocycles. The first-order valence-electron chi connectivity index (χ1n) is 11.3. The molecule has 172 valence electrons. The van der Waals surface area contributed by atoms with E-state index >= 15 is 0 Å². The van der Waals surface area contributed by atoms with Gasteiger partial charge in [0.05, 0.1) is 11.2 Å². The number of ether oxygens (including phenoxy) is 1. The third kappa shape index (κ3) is 6.16. The largest absolute Gasteiger partial charge is 0.381 e. The van der Waals surface area contributed by atoms with Crippen LogP contribution in [0.3, 0.4) is 0 Å². The summed E-state index contributed by atoms with van der Waals surface area (Å²) >= 11 is 12.8. The molecule has 0 aliphatic carbocycles. The van der Waals surface area contributed by atoms with Gasteiger partial charge >= 0.3 is 0 Å². The fourth-order valence-corrected chi connectivity index (χ4v) is 4.59. The van der Waals surface area contributed by atoms with Crippen LogP contribution in [0, 0.1) is 11.8 Å². The van der Waals surface area contributed by atoms with Crippen LogP contribution < -0.4 is 10.6 Å². The zero-order valence-corrected chi connectivity index (χ0v) is 19.6. The summed E-state index contributed by atoms with van der Waals surface area (Å²) in [6.45, 7) is 4.11. The van der Waals surface area contributed by atoms with Crippen molar-refractivity contribution in [3.8, 4) is 11.3 Å². The van der Waals surface area contributed by atoms with Crippen molar-refractivity contribution in [1.82, 2.24) is 20.3 Å². The van der Waals surface area contributed by atoms with Crippen molar-refractivity contribution in [2.24, 2.45) is 11.8 Å². The first-order chi connectivity index (χ1) is 15.6. The minimum Gasteiger partial charge on any atom is -0.381 e. The molecule has 2 aliphatic heterocycles. The van der Waals surface area contributed by atoms with E-state index in [9.17, 15) is 4.79 Å². The summed E-state index contributed by atoms with van der Waals surface area (Å²) < 4.78 is 5.42. The maximum absolute atomic E-state index is 12.8. The average Bonchev–Trinajstić information content (AvgIpc) is 3.10. The van der Waals surface area contributed by atoms with E-state index in [1.54, 1.807) is 12.4 Å². The van der Waals surface area contributed by atoms with E-state index < -0.39 is 0 Å². The maximum Gasteiger partial charge on any atom is 0.155 e. The van der Waals surface area contributed by atoms with Gasteiger partial charge in [0.2, 0.25) is 0 Å². The molecule has 0 amide bonds. The Bertz CT molecular complexity index is 929. The van der Waals surface area contributed by atoms with E-state index in [1.165, 1.54) is 0 Å². The lowest BCUT2D eigenvalue weighted by atomic mass is 9.95. The number of hydrogen-bond acceptors (Lipinski definition) is 7. The molecule has 4 rings (SSSR count). The average molecular weight is 478 g/mol. The molecule has 1 atom stereocenters. The van der Waals surface area contributed by atoms with Gasteiger partial charge in [-0.25, -0.2) is 9.97 Å². The van der Waals surface area contributed by atoms with E-state index in [0.29, 0.717) is 33.7 Å². The van der Waals surface area contributed by atoms with Crippen LogP contribution in [0.1, 0.15) is 37.8 Å². The Balaban J connectivity index is 1.49. The lowest BCUT2D eigenvalue weighted by molar-refractivity contribution is -0.122. The number of Topliss-reactive ketones (excluding diaryl/α,β-unsaturated/α-hetero) is 1. The molecule has 2 saturated heterocycles. The zero-order chi connectivity index (χ0) is 22.3. The fraction of sp³-hybridized carbons (Fsp3) is 0.565. The summed E-state index contributed by atoms with van der Waals surface area (Å²) in [5, 5.41) is 7.40. The van der Waals surface area contributed by atoms with Gasteiger partial charge in [-0.05, 0) is 44.2 Å². The highest BCUT2D eigenvalue weighted by Gasteiger charge is 2.22. The van der Waals surface area contributed by atoms with Gasteiger partial charge in [-0.2, -0.15) is 0 Å². The Labute approximate surface area is 198 Å². The number of anilines is 1. The van der Waals surface area contributed by atoms with Gasteiger partial charge < -0.3 is 15.4 Å². The summed E-state index contributed by atoms with van der Waals surface area (Å²) in [6.07, 6.45) is 8.63. The zero-order valence-electron chi connectivity index (χ0n) is 18.1. The summed E-state index contributed by atoms with van der Waals surface area (Å²) in [5.41, 5.74) is 1.79. The lowest BCUT2D eigenvalue weighted by Gasteiger charge is -2.22. The number of carbonyl (C=O) groups is 1. The van der Waals surface area contributed by atoms with Crippen molar-refractivity contribution in [2.75, 3.05) is 38.2 Å². The monoisotopic (exact) mass is 477 g/mol. The Hall–Kier alpha value is -1.80. The second-order valence-electron chi connectivity index (χ2n) is 8.53. The molecule has 0 aromatic carbocycles. The molecular formula is C23H29Cl2N5O2. The molecule has 1 unspecified atom stereocenters. The molecule has 0 bridgehead atoms. The van der Waals surface area contributed by atoms with E-state index in [2.05, 4.69) is 25.6 Å². The van der Waals surface area contributed by atoms with Crippen molar-refractivity contribution in [3.63, 3.8) is 0 Å². The Morgan fingerprint density at radius 3 is 2.84 bits per heavy atom. The number of hydrogen-bond donors (Lipinski definition) is 2. The maximum atomic E-state index is 12.8. The van der Waals surface area contributed by atoms with Gasteiger partial charge in [-0.1, -0.05) is 29.6 Å². The highest BCUT2D eigenvalue weighted by atomic mass is 35.5. The number of rotatable bonds is 7. The summed E-state index contributed by atoms with van der Waals surface area (Å²) in [7, 11) is 0. The molecule has 32 heavy (non-hydrogen) atoms. The van der Waals surface area contributed by atoms with E-state index in [0.717, 1.165) is 65.0 Å².